The highest BCUT2D eigenvalue weighted by Crippen LogP contribution is 2.45. The third-order valence-electron chi connectivity index (χ3n) is 4.17. The molecule has 3 atom stereocenters. The van der Waals surface area contributed by atoms with E-state index in [1.807, 2.05) is 0 Å². The molecule has 0 bridgehead atoms. The van der Waals surface area contributed by atoms with Crippen molar-refractivity contribution in [2.75, 3.05) is 13.2 Å². The zero-order valence-electron chi connectivity index (χ0n) is 8.92. The van der Waals surface area contributed by atoms with Gasteiger partial charge in [0.15, 0.2) is 0 Å². The molecule has 0 amide bonds. The standard InChI is InChI=1S/C11H23NO/c1-9-4-3-5-11(8-12,6-7-13)10(9)2/h9-10,13H,3-8,12H2,1-2H3. The number of nitrogens with two attached hydrogens (primary N) is 1. The molecule has 0 aromatic rings. The molecule has 2 nitrogen and oxygen atoms in total. The molecule has 0 saturated heterocycles. The van der Waals surface area contributed by atoms with Crippen LogP contribution < -0.4 is 5.73 Å². The second-order valence-electron chi connectivity index (χ2n) is 4.70. The quantitative estimate of drug-likeness (QED) is 0.704. The molecule has 2 heteroatoms. The Labute approximate surface area is 81.5 Å². The number of aliphatic hydroxyl groups is 1. The van der Waals surface area contributed by atoms with Crippen molar-refractivity contribution in [1.82, 2.24) is 0 Å². The van der Waals surface area contributed by atoms with Crippen LogP contribution in [0.4, 0.5) is 0 Å². The lowest BCUT2D eigenvalue weighted by Gasteiger charge is -2.45. The predicted octanol–water partition coefficient (Wildman–Crippen LogP) is 1.77. The lowest BCUT2D eigenvalue weighted by molar-refractivity contribution is 0.0425. The summed E-state index contributed by atoms with van der Waals surface area (Å²) in [5.41, 5.74) is 6.09. The van der Waals surface area contributed by atoms with Gasteiger partial charge in [0.05, 0.1) is 0 Å². The van der Waals surface area contributed by atoms with Gasteiger partial charge in [0, 0.05) is 6.61 Å². The number of rotatable bonds is 3. The molecule has 1 aliphatic carbocycles. The Kier molecular flexibility index (Phi) is 3.74. The van der Waals surface area contributed by atoms with Gasteiger partial charge in [-0.25, -0.2) is 0 Å². The molecule has 0 aromatic carbocycles. The maximum Gasteiger partial charge on any atom is 0.0436 e. The third kappa shape index (κ3) is 2.05. The van der Waals surface area contributed by atoms with Crippen LogP contribution in [-0.2, 0) is 0 Å². The van der Waals surface area contributed by atoms with Crippen molar-refractivity contribution < 1.29 is 5.11 Å². The molecule has 1 saturated carbocycles. The fourth-order valence-corrected chi connectivity index (χ4v) is 2.82. The molecule has 0 heterocycles. The summed E-state index contributed by atoms with van der Waals surface area (Å²) in [4.78, 5) is 0. The SMILES string of the molecule is CC1CCCC(CN)(CCO)C1C. The monoisotopic (exact) mass is 185 g/mol. The van der Waals surface area contributed by atoms with Crippen LogP contribution in [0.3, 0.4) is 0 Å². The second-order valence-corrected chi connectivity index (χ2v) is 4.70. The van der Waals surface area contributed by atoms with Crippen LogP contribution in [0.25, 0.3) is 0 Å². The van der Waals surface area contributed by atoms with Crippen molar-refractivity contribution in [3.8, 4) is 0 Å². The van der Waals surface area contributed by atoms with Crippen molar-refractivity contribution >= 4 is 0 Å². The van der Waals surface area contributed by atoms with E-state index >= 15 is 0 Å². The molecule has 78 valence electrons. The molecule has 0 aliphatic heterocycles. The normalized spacial score (nSPS) is 40.6. The minimum atomic E-state index is 0.229. The Morgan fingerprint density at radius 3 is 2.69 bits per heavy atom. The predicted molar refractivity (Wildman–Crippen MR) is 55.4 cm³/mol. The van der Waals surface area contributed by atoms with Crippen molar-refractivity contribution in [2.24, 2.45) is 23.0 Å². The van der Waals surface area contributed by atoms with Crippen LogP contribution in [0.5, 0.6) is 0 Å². The van der Waals surface area contributed by atoms with E-state index in [1.165, 1.54) is 19.3 Å². The molecule has 0 radical (unpaired) electrons. The summed E-state index contributed by atoms with van der Waals surface area (Å²) in [6.07, 6.45) is 4.70. The molecular formula is C11H23NO. The van der Waals surface area contributed by atoms with Crippen molar-refractivity contribution in [1.29, 1.82) is 0 Å². The average Bonchev–Trinajstić information content (AvgIpc) is 2.13. The zero-order valence-corrected chi connectivity index (χ0v) is 8.92. The van der Waals surface area contributed by atoms with Gasteiger partial charge < -0.3 is 10.8 Å². The number of aliphatic hydroxyl groups excluding tert-OH is 1. The molecule has 1 rings (SSSR count). The fourth-order valence-electron chi connectivity index (χ4n) is 2.82. The first-order valence-corrected chi connectivity index (χ1v) is 5.47. The van der Waals surface area contributed by atoms with Gasteiger partial charge in [0.25, 0.3) is 0 Å². The van der Waals surface area contributed by atoms with E-state index in [1.54, 1.807) is 0 Å². The summed E-state index contributed by atoms with van der Waals surface area (Å²) in [5.74, 6) is 1.43. The topological polar surface area (TPSA) is 46.2 Å². The average molecular weight is 185 g/mol. The summed E-state index contributed by atoms with van der Waals surface area (Å²) in [6.45, 7) is 5.63. The van der Waals surface area contributed by atoms with Gasteiger partial charge in [-0.1, -0.05) is 26.7 Å². The fraction of sp³-hybridized carbons (Fsp3) is 1.00. The summed E-state index contributed by atoms with van der Waals surface area (Å²) in [7, 11) is 0. The Morgan fingerprint density at radius 1 is 1.46 bits per heavy atom. The smallest absolute Gasteiger partial charge is 0.0436 e. The molecular weight excluding hydrogens is 162 g/mol. The summed E-state index contributed by atoms with van der Waals surface area (Å²) in [5, 5.41) is 9.06. The largest absolute Gasteiger partial charge is 0.396 e. The van der Waals surface area contributed by atoms with E-state index in [-0.39, 0.29) is 12.0 Å². The van der Waals surface area contributed by atoms with Gasteiger partial charge in [-0.05, 0) is 36.6 Å². The lowest BCUT2D eigenvalue weighted by atomic mass is 9.61. The van der Waals surface area contributed by atoms with Crippen LogP contribution in [0.2, 0.25) is 0 Å². The van der Waals surface area contributed by atoms with Gasteiger partial charge in [0.2, 0.25) is 0 Å². The molecule has 0 aromatic heterocycles. The lowest BCUT2D eigenvalue weighted by Crippen LogP contribution is -2.43. The molecule has 1 fully saturated rings. The van der Waals surface area contributed by atoms with Gasteiger partial charge >= 0.3 is 0 Å². The Morgan fingerprint density at radius 2 is 2.15 bits per heavy atom. The Balaban J connectivity index is 2.70. The number of hydrogen-bond donors (Lipinski definition) is 2. The summed E-state index contributed by atoms with van der Waals surface area (Å²) < 4.78 is 0. The van der Waals surface area contributed by atoms with Crippen molar-refractivity contribution in [2.45, 2.75) is 39.5 Å². The summed E-state index contributed by atoms with van der Waals surface area (Å²) in [6, 6.07) is 0. The third-order valence-corrected chi connectivity index (χ3v) is 4.17. The van der Waals surface area contributed by atoms with Gasteiger partial charge in [-0.3, -0.25) is 0 Å². The van der Waals surface area contributed by atoms with E-state index in [0.717, 1.165) is 18.9 Å². The van der Waals surface area contributed by atoms with E-state index in [0.29, 0.717) is 5.92 Å². The molecule has 13 heavy (non-hydrogen) atoms. The van der Waals surface area contributed by atoms with Crippen molar-refractivity contribution in [3.05, 3.63) is 0 Å². The Bertz CT molecular complexity index is 156. The second kappa shape index (κ2) is 4.43. The van der Waals surface area contributed by atoms with E-state index in [2.05, 4.69) is 13.8 Å². The minimum Gasteiger partial charge on any atom is -0.396 e. The highest BCUT2D eigenvalue weighted by Gasteiger charge is 2.39. The van der Waals surface area contributed by atoms with Crippen LogP contribution in [-0.4, -0.2) is 18.3 Å². The van der Waals surface area contributed by atoms with Crippen LogP contribution >= 0.6 is 0 Å². The van der Waals surface area contributed by atoms with E-state index in [4.69, 9.17) is 10.8 Å². The van der Waals surface area contributed by atoms with E-state index < -0.39 is 0 Å². The molecule has 3 N–H and O–H groups in total. The van der Waals surface area contributed by atoms with Gasteiger partial charge in [0.1, 0.15) is 0 Å². The summed E-state index contributed by atoms with van der Waals surface area (Å²) >= 11 is 0. The maximum atomic E-state index is 9.06. The van der Waals surface area contributed by atoms with Crippen LogP contribution in [0.15, 0.2) is 0 Å². The first-order valence-electron chi connectivity index (χ1n) is 5.47. The maximum absolute atomic E-state index is 9.06. The van der Waals surface area contributed by atoms with Crippen LogP contribution in [0, 0.1) is 17.3 Å². The van der Waals surface area contributed by atoms with Crippen LogP contribution in [0.1, 0.15) is 39.5 Å². The highest BCUT2D eigenvalue weighted by atomic mass is 16.3. The molecule has 3 unspecified atom stereocenters. The highest BCUT2D eigenvalue weighted by molar-refractivity contribution is 4.91. The number of hydrogen-bond acceptors (Lipinski definition) is 2. The van der Waals surface area contributed by atoms with Gasteiger partial charge in [-0.2, -0.15) is 0 Å². The molecule has 0 spiro atoms. The first kappa shape index (κ1) is 11.0. The first-order chi connectivity index (χ1) is 6.16. The van der Waals surface area contributed by atoms with Crippen molar-refractivity contribution in [3.63, 3.8) is 0 Å². The van der Waals surface area contributed by atoms with Gasteiger partial charge in [-0.15, -0.1) is 0 Å². The zero-order chi connectivity index (χ0) is 9.90. The molecule has 1 aliphatic rings. The van der Waals surface area contributed by atoms with E-state index in [9.17, 15) is 0 Å². The Hall–Kier alpha value is -0.0800. The minimum absolute atomic E-state index is 0.229.